The molecular weight excluding hydrogens is 300 g/mol. The van der Waals surface area contributed by atoms with E-state index < -0.39 is 11.6 Å². The number of hydrogen-bond donors (Lipinski definition) is 1. The molecule has 128 valence electrons. The van der Waals surface area contributed by atoms with E-state index in [-0.39, 0.29) is 17.9 Å². The van der Waals surface area contributed by atoms with E-state index in [1.807, 2.05) is 20.8 Å². The van der Waals surface area contributed by atoms with E-state index in [9.17, 15) is 9.59 Å². The third-order valence-corrected chi connectivity index (χ3v) is 3.45. The average molecular weight is 324 g/mol. The van der Waals surface area contributed by atoms with Gasteiger partial charge in [-0.15, -0.1) is 0 Å². The Morgan fingerprint density at radius 1 is 1.39 bits per heavy atom. The summed E-state index contributed by atoms with van der Waals surface area (Å²) in [5.41, 5.74) is -0.485. The summed E-state index contributed by atoms with van der Waals surface area (Å²) in [5.74, 6) is 0.348. The Morgan fingerprint density at radius 3 is 2.78 bits per heavy atom. The third-order valence-electron chi connectivity index (χ3n) is 3.45. The molecule has 23 heavy (non-hydrogen) atoms. The maximum Gasteiger partial charge on any atom is 0.410 e. The second-order valence-corrected chi connectivity index (χ2v) is 6.55. The molecule has 1 unspecified atom stereocenters. The highest BCUT2D eigenvalue weighted by Gasteiger charge is 2.29. The van der Waals surface area contributed by atoms with Crippen LogP contribution in [0.1, 0.15) is 43.5 Å². The molecule has 7 nitrogen and oxygen atoms in total. The highest BCUT2D eigenvalue weighted by atomic mass is 16.6. The van der Waals surface area contributed by atoms with Crippen LogP contribution >= 0.6 is 0 Å². The Bertz CT molecular complexity index is 561. The Balaban J connectivity index is 1.79. The quantitative estimate of drug-likeness (QED) is 0.855. The van der Waals surface area contributed by atoms with Gasteiger partial charge in [0.05, 0.1) is 13.7 Å². The molecule has 1 fully saturated rings. The highest BCUT2D eigenvalue weighted by Crippen LogP contribution is 2.16. The van der Waals surface area contributed by atoms with Crippen molar-refractivity contribution in [3.05, 3.63) is 23.7 Å². The maximum atomic E-state index is 12.0. The zero-order valence-corrected chi connectivity index (χ0v) is 14.0. The summed E-state index contributed by atoms with van der Waals surface area (Å²) < 4.78 is 15.4. The topological polar surface area (TPSA) is 81.0 Å². The number of carbonyl (C=O) groups excluding carboxylic acids is 2. The molecule has 0 radical (unpaired) electrons. The smallest absolute Gasteiger partial charge is 0.410 e. The Kier molecular flexibility index (Phi) is 5.30. The van der Waals surface area contributed by atoms with Crippen molar-refractivity contribution in [1.29, 1.82) is 0 Å². The molecule has 0 aliphatic carbocycles. The minimum atomic E-state index is -0.492. The number of likely N-dealkylation sites (tertiary alicyclic amines) is 1. The van der Waals surface area contributed by atoms with Gasteiger partial charge in [0.2, 0.25) is 5.76 Å². The number of amides is 1. The minimum Gasteiger partial charge on any atom is -0.463 e. The van der Waals surface area contributed by atoms with Crippen molar-refractivity contribution < 1.29 is 23.5 Å². The first-order valence-corrected chi connectivity index (χ1v) is 7.67. The molecule has 0 bridgehead atoms. The zero-order chi connectivity index (χ0) is 17.0. The van der Waals surface area contributed by atoms with Gasteiger partial charge in [0.15, 0.2) is 0 Å². The van der Waals surface area contributed by atoms with E-state index in [1.165, 1.54) is 7.11 Å². The molecule has 0 saturated carbocycles. The number of methoxy groups -OCH3 is 1. The van der Waals surface area contributed by atoms with E-state index in [4.69, 9.17) is 9.15 Å². The van der Waals surface area contributed by atoms with Gasteiger partial charge in [0.25, 0.3) is 0 Å². The van der Waals surface area contributed by atoms with Gasteiger partial charge in [0, 0.05) is 19.1 Å². The number of nitrogens with zero attached hydrogens (tertiary/aromatic N) is 1. The maximum absolute atomic E-state index is 12.0. The van der Waals surface area contributed by atoms with Gasteiger partial charge in [0.1, 0.15) is 11.4 Å². The van der Waals surface area contributed by atoms with Crippen molar-refractivity contribution in [3.8, 4) is 0 Å². The lowest BCUT2D eigenvalue weighted by molar-refractivity contribution is 0.0290. The first-order valence-electron chi connectivity index (χ1n) is 7.67. The van der Waals surface area contributed by atoms with Crippen LogP contribution in [0.4, 0.5) is 4.79 Å². The van der Waals surface area contributed by atoms with Crippen molar-refractivity contribution >= 4 is 12.1 Å². The molecule has 1 aromatic rings. The lowest BCUT2D eigenvalue weighted by Gasteiger charge is -2.24. The van der Waals surface area contributed by atoms with Gasteiger partial charge in [-0.25, -0.2) is 9.59 Å². The number of ether oxygens (including phenoxy) is 2. The fraction of sp³-hybridized carbons (Fsp3) is 0.625. The van der Waals surface area contributed by atoms with E-state index >= 15 is 0 Å². The lowest BCUT2D eigenvalue weighted by atomic mass is 10.2. The summed E-state index contributed by atoms with van der Waals surface area (Å²) in [4.78, 5) is 25.0. The van der Waals surface area contributed by atoms with Gasteiger partial charge < -0.3 is 24.1 Å². The van der Waals surface area contributed by atoms with Crippen LogP contribution in [0.2, 0.25) is 0 Å². The van der Waals surface area contributed by atoms with Crippen LogP contribution in [0.15, 0.2) is 16.5 Å². The number of nitrogens with one attached hydrogen (secondary N) is 1. The molecule has 1 saturated heterocycles. The fourth-order valence-electron chi connectivity index (χ4n) is 2.35. The van der Waals surface area contributed by atoms with Crippen molar-refractivity contribution in [2.45, 2.75) is 45.4 Å². The molecule has 2 heterocycles. The molecular formula is C16H24N2O5. The van der Waals surface area contributed by atoms with Gasteiger partial charge in [-0.05, 0) is 39.3 Å². The van der Waals surface area contributed by atoms with Crippen LogP contribution in [0.3, 0.4) is 0 Å². The van der Waals surface area contributed by atoms with Crippen LogP contribution in [0.5, 0.6) is 0 Å². The van der Waals surface area contributed by atoms with Crippen molar-refractivity contribution in [2.24, 2.45) is 0 Å². The van der Waals surface area contributed by atoms with Gasteiger partial charge in [-0.1, -0.05) is 0 Å². The van der Waals surface area contributed by atoms with Crippen LogP contribution in [0.25, 0.3) is 0 Å². The summed E-state index contributed by atoms with van der Waals surface area (Å²) in [6.45, 7) is 7.31. The second kappa shape index (κ2) is 7.04. The monoisotopic (exact) mass is 324 g/mol. The van der Waals surface area contributed by atoms with Crippen LogP contribution in [-0.2, 0) is 16.0 Å². The Labute approximate surface area is 135 Å². The molecule has 2 rings (SSSR count). The van der Waals surface area contributed by atoms with Gasteiger partial charge in [-0.2, -0.15) is 0 Å². The van der Waals surface area contributed by atoms with Crippen LogP contribution < -0.4 is 5.32 Å². The third kappa shape index (κ3) is 4.99. The number of furan rings is 1. The average Bonchev–Trinajstić information content (AvgIpc) is 3.11. The number of hydrogen-bond acceptors (Lipinski definition) is 6. The van der Waals surface area contributed by atoms with Gasteiger partial charge >= 0.3 is 12.1 Å². The number of carbonyl (C=O) groups is 2. The summed E-state index contributed by atoms with van der Waals surface area (Å²) in [6.07, 6.45) is 0.567. The summed E-state index contributed by atoms with van der Waals surface area (Å²) >= 11 is 0. The number of rotatable bonds is 4. The lowest BCUT2D eigenvalue weighted by Crippen LogP contribution is -2.38. The Hall–Kier alpha value is -2.02. The molecule has 0 aromatic carbocycles. The largest absolute Gasteiger partial charge is 0.463 e. The first-order chi connectivity index (χ1) is 10.8. The fourth-order valence-corrected chi connectivity index (χ4v) is 2.35. The molecule has 1 aromatic heterocycles. The Morgan fingerprint density at radius 2 is 2.13 bits per heavy atom. The molecule has 1 atom stereocenters. The SMILES string of the molecule is COC(=O)c1ccc(CNC2CCN(C(=O)OC(C)(C)C)C2)o1. The molecule has 1 amide bonds. The standard InChI is InChI=1S/C16H24N2O5/c1-16(2,3)23-15(20)18-8-7-11(10-18)17-9-12-5-6-13(22-12)14(19)21-4/h5-6,11,17H,7-10H2,1-4H3. The minimum absolute atomic E-state index is 0.175. The molecule has 1 N–H and O–H groups in total. The van der Waals surface area contributed by atoms with Crippen LogP contribution in [-0.4, -0.2) is 48.8 Å². The summed E-state index contributed by atoms with van der Waals surface area (Å²) in [6, 6.07) is 3.50. The van der Waals surface area contributed by atoms with Crippen molar-refractivity contribution in [2.75, 3.05) is 20.2 Å². The zero-order valence-electron chi connectivity index (χ0n) is 14.0. The molecule has 0 spiro atoms. The predicted molar refractivity (Wildman–Crippen MR) is 83.1 cm³/mol. The summed E-state index contributed by atoms with van der Waals surface area (Å²) in [5, 5.41) is 3.32. The van der Waals surface area contributed by atoms with Gasteiger partial charge in [-0.3, -0.25) is 0 Å². The van der Waals surface area contributed by atoms with E-state index in [1.54, 1.807) is 17.0 Å². The van der Waals surface area contributed by atoms with Crippen molar-refractivity contribution in [1.82, 2.24) is 10.2 Å². The van der Waals surface area contributed by atoms with E-state index in [0.29, 0.717) is 25.4 Å². The first kappa shape index (κ1) is 17.3. The van der Waals surface area contributed by atoms with Crippen molar-refractivity contribution in [3.63, 3.8) is 0 Å². The number of esters is 1. The van der Waals surface area contributed by atoms with E-state index in [2.05, 4.69) is 10.1 Å². The molecule has 1 aliphatic heterocycles. The van der Waals surface area contributed by atoms with Crippen LogP contribution in [0, 0.1) is 0 Å². The highest BCUT2D eigenvalue weighted by molar-refractivity contribution is 5.86. The summed E-state index contributed by atoms with van der Waals surface area (Å²) in [7, 11) is 1.31. The predicted octanol–water partition coefficient (Wildman–Crippen LogP) is 2.17. The molecule has 1 aliphatic rings. The second-order valence-electron chi connectivity index (χ2n) is 6.55. The normalized spacial score (nSPS) is 18.1. The van der Waals surface area contributed by atoms with E-state index in [0.717, 1.165) is 6.42 Å². The molecule has 7 heteroatoms.